The SMILES string of the molecule is Cc1nc(NC2CCNC2)cc(N(C)C2CCC2)n1. The summed E-state index contributed by atoms with van der Waals surface area (Å²) in [5.74, 6) is 2.85. The summed E-state index contributed by atoms with van der Waals surface area (Å²) in [4.78, 5) is 11.4. The molecule has 1 aromatic rings. The van der Waals surface area contributed by atoms with E-state index in [9.17, 15) is 0 Å². The van der Waals surface area contributed by atoms with Gasteiger partial charge in [0, 0.05) is 31.7 Å². The maximum absolute atomic E-state index is 4.57. The predicted octanol–water partition coefficient (Wildman–Crippen LogP) is 1.55. The van der Waals surface area contributed by atoms with Gasteiger partial charge in [-0.05, 0) is 39.2 Å². The van der Waals surface area contributed by atoms with Crippen LogP contribution in [0.2, 0.25) is 0 Å². The third kappa shape index (κ3) is 2.81. The molecular formula is C14H23N5. The van der Waals surface area contributed by atoms with Crippen molar-refractivity contribution in [3.63, 3.8) is 0 Å². The van der Waals surface area contributed by atoms with E-state index in [4.69, 9.17) is 0 Å². The highest BCUT2D eigenvalue weighted by molar-refractivity contribution is 5.50. The van der Waals surface area contributed by atoms with Gasteiger partial charge in [-0.25, -0.2) is 9.97 Å². The standard InChI is InChI=1S/C14H23N5/c1-10-16-13(18-11-6-7-15-9-11)8-14(17-10)19(2)12-4-3-5-12/h8,11-12,15H,3-7,9H2,1-2H3,(H,16,17,18). The van der Waals surface area contributed by atoms with Crippen LogP contribution in [0.3, 0.4) is 0 Å². The molecule has 5 nitrogen and oxygen atoms in total. The Bertz CT molecular complexity index is 437. The molecule has 2 N–H and O–H groups in total. The van der Waals surface area contributed by atoms with Gasteiger partial charge in [0.15, 0.2) is 0 Å². The minimum Gasteiger partial charge on any atom is -0.366 e. The first kappa shape index (κ1) is 12.7. The van der Waals surface area contributed by atoms with Gasteiger partial charge in [-0.15, -0.1) is 0 Å². The van der Waals surface area contributed by atoms with Gasteiger partial charge in [0.2, 0.25) is 0 Å². The molecule has 1 aliphatic heterocycles. The second-order valence-electron chi connectivity index (χ2n) is 5.69. The molecule has 104 valence electrons. The van der Waals surface area contributed by atoms with Crippen LogP contribution < -0.4 is 15.5 Å². The Labute approximate surface area is 114 Å². The van der Waals surface area contributed by atoms with Crippen LogP contribution in [0.4, 0.5) is 11.6 Å². The highest BCUT2D eigenvalue weighted by atomic mass is 15.2. The lowest BCUT2D eigenvalue weighted by Gasteiger charge is -2.35. The Morgan fingerprint density at radius 2 is 2.16 bits per heavy atom. The minimum absolute atomic E-state index is 0.496. The van der Waals surface area contributed by atoms with E-state index in [1.54, 1.807) is 0 Å². The average Bonchev–Trinajstić information content (AvgIpc) is 2.78. The van der Waals surface area contributed by atoms with Crippen molar-refractivity contribution < 1.29 is 0 Å². The maximum atomic E-state index is 4.57. The Morgan fingerprint density at radius 1 is 1.32 bits per heavy atom. The predicted molar refractivity (Wildman–Crippen MR) is 77.7 cm³/mol. The van der Waals surface area contributed by atoms with E-state index in [1.807, 2.05) is 6.92 Å². The van der Waals surface area contributed by atoms with E-state index in [-0.39, 0.29) is 0 Å². The van der Waals surface area contributed by atoms with Crippen LogP contribution in [-0.2, 0) is 0 Å². The second-order valence-corrected chi connectivity index (χ2v) is 5.69. The summed E-state index contributed by atoms with van der Waals surface area (Å²) < 4.78 is 0. The fourth-order valence-corrected chi connectivity index (χ4v) is 2.75. The molecule has 0 amide bonds. The zero-order chi connectivity index (χ0) is 13.2. The lowest BCUT2D eigenvalue weighted by Crippen LogP contribution is -2.37. The smallest absolute Gasteiger partial charge is 0.134 e. The Kier molecular flexibility index (Phi) is 3.55. The van der Waals surface area contributed by atoms with Crippen LogP contribution in [0.15, 0.2) is 6.07 Å². The van der Waals surface area contributed by atoms with Crippen molar-refractivity contribution in [1.29, 1.82) is 0 Å². The molecule has 19 heavy (non-hydrogen) atoms. The molecule has 2 aliphatic rings. The molecule has 0 spiro atoms. The summed E-state index contributed by atoms with van der Waals surface area (Å²) >= 11 is 0. The fraction of sp³-hybridized carbons (Fsp3) is 0.714. The number of nitrogens with zero attached hydrogens (tertiary/aromatic N) is 3. The van der Waals surface area contributed by atoms with Gasteiger partial charge in [-0.3, -0.25) is 0 Å². The molecule has 2 heterocycles. The molecule has 2 fully saturated rings. The molecule has 1 saturated carbocycles. The third-order valence-electron chi connectivity index (χ3n) is 4.22. The number of nitrogens with one attached hydrogen (secondary N) is 2. The van der Waals surface area contributed by atoms with E-state index in [1.165, 1.54) is 19.3 Å². The quantitative estimate of drug-likeness (QED) is 0.861. The average molecular weight is 261 g/mol. The fourth-order valence-electron chi connectivity index (χ4n) is 2.75. The van der Waals surface area contributed by atoms with Gasteiger partial charge in [-0.1, -0.05) is 0 Å². The molecule has 0 bridgehead atoms. The van der Waals surface area contributed by atoms with Crippen LogP contribution in [-0.4, -0.2) is 42.2 Å². The van der Waals surface area contributed by atoms with Crippen molar-refractivity contribution in [2.24, 2.45) is 0 Å². The molecular weight excluding hydrogens is 238 g/mol. The molecule has 1 aromatic heterocycles. The van der Waals surface area contributed by atoms with E-state index < -0.39 is 0 Å². The Hall–Kier alpha value is -1.36. The lowest BCUT2D eigenvalue weighted by atomic mass is 9.92. The Morgan fingerprint density at radius 3 is 2.79 bits per heavy atom. The summed E-state index contributed by atoms with van der Waals surface area (Å²) in [6.07, 6.45) is 5.08. The summed E-state index contributed by atoms with van der Waals surface area (Å²) in [5, 5.41) is 6.88. The molecule has 5 heteroatoms. The van der Waals surface area contributed by atoms with Gasteiger partial charge >= 0.3 is 0 Å². The summed E-state index contributed by atoms with van der Waals surface area (Å²) in [6, 6.07) is 3.25. The van der Waals surface area contributed by atoms with E-state index in [2.05, 4.69) is 38.6 Å². The number of rotatable bonds is 4. The number of anilines is 2. The van der Waals surface area contributed by atoms with Crippen LogP contribution in [0, 0.1) is 6.92 Å². The van der Waals surface area contributed by atoms with Crippen molar-refractivity contribution in [2.75, 3.05) is 30.4 Å². The van der Waals surface area contributed by atoms with Crippen LogP contribution in [0.5, 0.6) is 0 Å². The number of aromatic nitrogens is 2. The van der Waals surface area contributed by atoms with Gasteiger partial charge in [-0.2, -0.15) is 0 Å². The van der Waals surface area contributed by atoms with Crippen LogP contribution in [0.1, 0.15) is 31.5 Å². The normalized spacial score (nSPS) is 23.2. The second kappa shape index (κ2) is 5.33. The lowest BCUT2D eigenvalue weighted by molar-refractivity contribution is 0.399. The van der Waals surface area contributed by atoms with Crippen molar-refractivity contribution in [2.45, 2.75) is 44.7 Å². The molecule has 0 radical (unpaired) electrons. The molecule has 1 saturated heterocycles. The van der Waals surface area contributed by atoms with Gasteiger partial charge in [0.05, 0.1) is 0 Å². The van der Waals surface area contributed by atoms with Crippen molar-refractivity contribution >= 4 is 11.6 Å². The molecule has 1 unspecified atom stereocenters. The van der Waals surface area contributed by atoms with E-state index >= 15 is 0 Å². The Balaban J connectivity index is 1.74. The molecule has 1 atom stereocenters. The van der Waals surface area contributed by atoms with Crippen molar-refractivity contribution in [3.8, 4) is 0 Å². The molecule has 1 aliphatic carbocycles. The van der Waals surface area contributed by atoms with Gasteiger partial charge < -0.3 is 15.5 Å². The highest BCUT2D eigenvalue weighted by Gasteiger charge is 2.24. The first-order valence-electron chi connectivity index (χ1n) is 7.28. The van der Waals surface area contributed by atoms with E-state index in [0.29, 0.717) is 12.1 Å². The largest absolute Gasteiger partial charge is 0.366 e. The summed E-state index contributed by atoms with van der Waals surface area (Å²) in [6.45, 7) is 4.09. The van der Waals surface area contributed by atoms with Crippen molar-refractivity contribution in [3.05, 3.63) is 11.9 Å². The monoisotopic (exact) mass is 261 g/mol. The van der Waals surface area contributed by atoms with Crippen LogP contribution >= 0.6 is 0 Å². The number of aryl methyl sites for hydroxylation is 1. The minimum atomic E-state index is 0.496. The molecule has 3 rings (SSSR count). The number of hydrogen-bond donors (Lipinski definition) is 2. The first-order valence-corrected chi connectivity index (χ1v) is 7.28. The van der Waals surface area contributed by atoms with Crippen molar-refractivity contribution in [1.82, 2.24) is 15.3 Å². The first-order chi connectivity index (χ1) is 9.22. The van der Waals surface area contributed by atoms with Gasteiger partial charge in [0.25, 0.3) is 0 Å². The third-order valence-corrected chi connectivity index (χ3v) is 4.22. The van der Waals surface area contributed by atoms with Gasteiger partial charge in [0.1, 0.15) is 17.5 Å². The molecule has 0 aromatic carbocycles. The highest BCUT2D eigenvalue weighted by Crippen LogP contribution is 2.28. The zero-order valence-corrected chi connectivity index (χ0v) is 11.8. The topological polar surface area (TPSA) is 53.1 Å². The van der Waals surface area contributed by atoms with E-state index in [0.717, 1.165) is 37.0 Å². The summed E-state index contributed by atoms with van der Waals surface area (Å²) in [5.41, 5.74) is 0. The van der Waals surface area contributed by atoms with Crippen LogP contribution in [0.25, 0.3) is 0 Å². The zero-order valence-electron chi connectivity index (χ0n) is 11.8. The summed E-state index contributed by atoms with van der Waals surface area (Å²) in [7, 11) is 2.15. The number of hydrogen-bond acceptors (Lipinski definition) is 5. The maximum Gasteiger partial charge on any atom is 0.134 e.